The Hall–Kier alpha value is -2.06. The van der Waals surface area contributed by atoms with Crippen molar-refractivity contribution < 1.29 is 9.84 Å². The highest BCUT2D eigenvalue weighted by Gasteiger charge is 2.43. The van der Waals surface area contributed by atoms with Crippen LogP contribution in [0.25, 0.3) is 5.57 Å². The fraction of sp³-hybridized carbons (Fsp3) is 0.417. The maximum Gasteiger partial charge on any atom is 0.112 e. The molecule has 0 amide bonds. The molecule has 0 saturated heterocycles. The van der Waals surface area contributed by atoms with Crippen molar-refractivity contribution in [1.29, 1.82) is 0 Å². The summed E-state index contributed by atoms with van der Waals surface area (Å²) in [5.41, 5.74) is 5.74. The second-order valence-electron chi connectivity index (χ2n) is 8.68. The molecule has 0 bridgehead atoms. The first kappa shape index (κ1) is 18.7. The zero-order valence-electron chi connectivity index (χ0n) is 16.5. The lowest BCUT2D eigenvalue weighted by molar-refractivity contribution is 0.0583. The van der Waals surface area contributed by atoms with Crippen LogP contribution in [0, 0.1) is 0 Å². The summed E-state index contributed by atoms with van der Waals surface area (Å²) in [6.07, 6.45) is 2.30. The second kappa shape index (κ2) is 6.92. The lowest BCUT2D eigenvalue weighted by Crippen LogP contribution is -2.45. The molecule has 1 aliphatic carbocycles. The molecule has 0 aliphatic heterocycles. The van der Waals surface area contributed by atoms with Crippen molar-refractivity contribution in [3.05, 3.63) is 77.0 Å². The highest BCUT2D eigenvalue weighted by molar-refractivity contribution is 5.65. The van der Waals surface area contributed by atoms with Crippen molar-refractivity contribution >= 4 is 5.57 Å². The number of hydrogen-bond donors (Lipinski definition) is 1. The van der Waals surface area contributed by atoms with Gasteiger partial charge in [-0.15, -0.1) is 0 Å². The van der Waals surface area contributed by atoms with Crippen molar-refractivity contribution in [3.8, 4) is 0 Å². The van der Waals surface area contributed by atoms with Gasteiger partial charge >= 0.3 is 0 Å². The minimum atomic E-state index is -0.334. The Balaban J connectivity index is 1.85. The fourth-order valence-electron chi connectivity index (χ4n) is 3.85. The standard InChI is InChI=1S/C24H30O2/c1-17(15-26-16-18-9-7-6-8-10-18)19-11-12-20-21(13-19)24(4,5)22(25)14-23(20,2)3/h6-13,15,22,25H,14,16H2,1-5H3. The van der Waals surface area contributed by atoms with Crippen LogP contribution in [0.3, 0.4) is 0 Å². The maximum atomic E-state index is 10.7. The highest BCUT2D eigenvalue weighted by atomic mass is 16.5. The topological polar surface area (TPSA) is 29.5 Å². The number of aliphatic hydroxyl groups excluding tert-OH is 1. The summed E-state index contributed by atoms with van der Waals surface area (Å²) in [5, 5.41) is 10.7. The molecule has 2 heteroatoms. The minimum absolute atomic E-state index is 0.00969. The SMILES string of the molecule is CC(=COCc1ccccc1)c1ccc2c(c1)C(C)(C)C(O)CC2(C)C. The summed E-state index contributed by atoms with van der Waals surface area (Å²) in [6.45, 7) is 11.4. The van der Waals surface area contributed by atoms with Gasteiger partial charge < -0.3 is 9.84 Å². The molecular weight excluding hydrogens is 320 g/mol. The van der Waals surface area contributed by atoms with Crippen LogP contribution in [0.5, 0.6) is 0 Å². The molecule has 0 radical (unpaired) electrons. The predicted octanol–water partition coefficient (Wildman–Crippen LogP) is 5.58. The van der Waals surface area contributed by atoms with Crippen LogP contribution in [0.15, 0.2) is 54.8 Å². The van der Waals surface area contributed by atoms with Crippen molar-refractivity contribution in [2.24, 2.45) is 0 Å². The van der Waals surface area contributed by atoms with Gasteiger partial charge in [-0.2, -0.15) is 0 Å². The van der Waals surface area contributed by atoms with Crippen molar-refractivity contribution in [1.82, 2.24) is 0 Å². The first-order valence-electron chi connectivity index (χ1n) is 9.37. The molecule has 1 atom stereocenters. The van der Waals surface area contributed by atoms with Crippen LogP contribution in [-0.2, 0) is 22.2 Å². The third-order valence-corrected chi connectivity index (χ3v) is 5.79. The molecule has 0 fully saturated rings. The summed E-state index contributed by atoms with van der Waals surface area (Å²) >= 11 is 0. The molecule has 0 saturated carbocycles. The van der Waals surface area contributed by atoms with Gasteiger partial charge in [0.05, 0.1) is 12.4 Å². The Labute approximate surface area is 157 Å². The van der Waals surface area contributed by atoms with E-state index < -0.39 is 0 Å². The van der Waals surface area contributed by atoms with E-state index in [1.54, 1.807) is 0 Å². The molecule has 1 aliphatic rings. The first-order chi connectivity index (χ1) is 12.2. The van der Waals surface area contributed by atoms with E-state index in [-0.39, 0.29) is 16.9 Å². The highest BCUT2D eigenvalue weighted by Crippen LogP contribution is 2.46. The lowest BCUT2D eigenvalue weighted by atomic mass is 9.61. The largest absolute Gasteiger partial charge is 0.496 e. The van der Waals surface area contributed by atoms with Crippen molar-refractivity contribution in [2.75, 3.05) is 0 Å². The summed E-state index contributed by atoms with van der Waals surface area (Å²) in [6, 6.07) is 16.8. The summed E-state index contributed by atoms with van der Waals surface area (Å²) in [4.78, 5) is 0. The fourth-order valence-corrected chi connectivity index (χ4v) is 3.85. The van der Waals surface area contributed by atoms with Gasteiger partial charge in [0.15, 0.2) is 0 Å². The van der Waals surface area contributed by atoms with E-state index in [1.165, 1.54) is 11.1 Å². The Morgan fingerprint density at radius 3 is 2.46 bits per heavy atom. The van der Waals surface area contributed by atoms with Gasteiger partial charge in [-0.05, 0) is 46.6 Å². The van der Waals surface area contributed by atoms with Gasteiger partial charge in [0.25, 0.3) is 0 Å². The number of hydrogen-bond acceptors (Lipinski definition) is 2. The molecule has 3 rings (SSSR count). The molecular formula is C24H30O2. The molecule has 138 valence electrons. The molecule has 2 aromatic carbocycles. The average molecular weight is 351 g/mol. The maximum absolute atomic E-state index is 10.7. The predicted molar refractivity (Wildman–Crippen MR) is 108 cm³/mol. The molecule has 2 aromatic rings. The van der Waals surface area contributed by atoms with E-state index in [4.69, 9.17) is 4.74 Å². The van der Waals surface area contributed by atoms with E-state index >= 15 is 0 Å². The number of rotatable bonds is 4. The van der Waals surface area contributed by atoms with Crippen LogP contribution in [0.4, 0.5) is 0 Å². The lowest BCUT2D eigenvalue weighted by Gasteiger charge is -2.45. The van der Waals surface area contributed by atoms with Crippen molar-refractivity contribution in [2.45, 2.75) is 64.6 Å². The molecule has 0 spiro atoms. The molecule has 1 unspecified atom stereocenters. The van der Waals surface area contributed by atoms with E-state index in [9.17, 15) is 5.11 Å². The smallest absolute Gasteiger partial charge is 0.112 e. The summed E-state index contributed by atoms with van der Waals surface area (Å²) < 4.78 is 5.78. The van der Waals surface area contributed by atoms with E-state index in [0.29, 0.717) is 6.61 Å². The Bertz CT molecular complexity index is 800. The van der Waals surface area contributed by atoms with Crippen LogP contribution in [0.2, 0.25) is 0 Å². The number of allylic oxidation sites excluding steroid dienone is 1. The number of fused-ring (bicyclic) bond motifs is 1. The third kappa shape index (κ3) is 3.57. The number of benzene rings is 2. The number of ether oxygens (including phenoxy) is 1. The summed E-state index contributed by atoms with van der Waals surface area (Å²) in [7, 11) is 0. The van der Waals surface area contributed by atoms with Gasteiger partial charge in [-0.1, -0.05) is 76.2 Å². The van der Waals surface area contributed by atoms with Crippen LogP contribution < -0.4 is 0 Å². The normalized spacial score (nSPS) is 21.2. The molecule has 1 N–H and O–H groups in total. The quantitative estimate of drug-likeness (QED) is 0.729. The van der Waals surface area contributed by atoms with E-state index in [2.05, 4.69) is 65.0 Å². The van der Waals surface area contributed by atoms with Gasteiger partial charge in [-0.3, -0.25) is 0 Å². The van der Waals surface area contributed by atoms with Gasteiger partial charge in [-0.25, -0.2) is 0 Å². The van der Waals surface area contributed by atoms with Crippen LogP contribution >= 0.6 is 0 Å². The van der Waals surface area contributed by atoms with Crippen molar-refractivity contribution in [3.63, 3.8) is 0 Å². The number of aliphatic hydroxyl groups is 1. The van der Waals surface area contributed by atoms with Crippen LogP contribution in [0.1, 0.15) is 63.3 Å². The third-order valence-electron chi connectivity index (χ3n) is 5.79. The van der Waals surface area contributed by atoms with Crippen LogP contribution in [-0.4, -0.2) is 11.2 Å². The Kier molecular flexibility index (Phi) is 4.98. The molecule has 26 heavy (non-hydrogen) atoms. The Morgan fingerprint density at radius 1 is 1.08 bits per heavy atom. The second-order valence-corrected chi connectivity index (χ2v) is 8.68. The minimum Gasteiger partial charge on any atom is -0.496 e. The van der Waals surface area contributed by atoms with E-state index in [0.717, 1.165) is 23.1 Å². The average Bonchev–Trinajstić information content (AvgIpc) is 2.60. The van der Waals surface area contributed by atoms with Gasteiger partial charge in [0.1, 0.15) is 6.61 Å². The Morgan fingerprint density at radius 2 is 1.77 bits per heavy atom. The molecule has 0 heterocycles. The summed E-state index contributed by atoms with van der Waals surface area (Å²) in [5.74, 6) is 0. The van der Waals surface area contributed by atoms with E-state index in [1.807, 2.05) is 24.5 Å². The first-order valence-corrected chi connectivity index (χ1v) is 9.37. The monoisotopic (exact) mass is 350 g/mol. The van der Waals surface area contributed by atoms with Gasteiger partial charge in [0.2, 0.25) is 0 Å². The zero-order chi connectivity index (χ0) is 18.9. The van der Waals surface area contributed by atoms with Gasteiger partial charge in [0, 0.05) is 5.41 Å². The molecule has 0 aromatic heterocycles. The molecule has 2 nitrogen and oxygen atoms in total. The zero-order valence-corrected chi connectivity index (χ0v) is 16.5.